The predicted molar refractivity (Wildman–Crippen MR) is 267 cm³/mol. The fourth-order valence-electron chi connectivity index (χ4n) is 10.5. The van der Waals surface area contributed by atoms with Crippen LogP contribution in [0.4, 0.5) is 11.5 Å². The van der Waals surface area contributed by atoms with Gasteiger partial charge in [0.15, 0.2) is 5.65 Å². The number of nitrogens with zero attached hydrogens (tertiary/aromatic N) is 8. The molecule has 4 N–H and O–H groups in total. The minimum absolute atomic E-state index is 0.00961. The van der Waals surface area contributed by atoms with Crippen molar-refractivity contribution in [2.45, 2.75) is 109 Å². The second-order valence-corrected chi connectivity index (χ2v) is 19.1. The molecule has 5 aromatic rings. The van der Waals surface area contributed by atoms with Crippen molar-refractivity contribution in [3.05, 3.63) is 90.3 Å². The van der Waals surface area contributed by atoms with Gasteiger partial charge in [-0.1, -0.05) is 62.8 Å². The SMILES string of the molecule is Nc1ncnc2c1c(-c1ccc(Oc3ccccc3)cc1)nn2C1CCCN(C(=O)CCCN2CCN(CCCCCCCCCCNc3cccc4c3CN(C3CCC(=O)NC3=O)C4=O)CC2)C1. The van der Waals surface area contributed by atoms with Gasteiger partial charge in [0.05, 0.1) is 11.4 Å². The van der Waals surface area contributed by atoms with Crippen molar-refractivity contribution >= 4 is 46.2 Å². The number of imide groups is 1. The van der Waals surface area contributed by atoms with Crippen LogP contribution >= 0.6 is 0 Å². The minimum Gasteiger partial charge on any atom is -0.457 e. The number of anilines is 2. The van der Waals surface area contributed by atoms with Gasteiger partial charge in [-0.2, -0.15) is 5.10 Å². The molecule has 9 rings (SSSR count). The summed E-state index contributed by atoms with van der Waals surface area (Å²) in [5, 5.41) is 11.7. The van der Waals surface area contributed by atoms with Gasteiger partial charge in [-0.15, -0.1) is 0 Å². The lowest BCUT2D eigenvalue weighted by Gasteiger charge is -2.35. The number of hydrogen-bond donors (Lipinski definition) is 3. The number of carbonyl (C=O) groups excluding carboxylic acids is 4. The molecule has 3 fully saturated rings. The highest BCUT2D eigenvalue weighted by atomic mass is 16.5. The third kappa shape index (κ3) is 11.7. The number of benzene rings is 3. The number of likely N-dealkylation sites (tertiary alicyclic amines) is 1. The van der Waals surface area contributed by atoms with Crippen molar-refractivity contribution in [1.82, 2.24) is 44.7 Å². The standard InChI is InChI=1S/C53H67N11O5/c54-50-48-49(38-21-23-41(24-22-38)69-40-16-8-7-9-17-40)59-64(51(48)57-37-56-50)39-15-13-30-62(35-39)47(66)20-14-29-61-33-31-60(32-34-61)28-11-6-4-2-1-3-5-10-27-55-44-19-12-18-42-43(44)36-63(53(42)68)45-25-26-46(65)58-52(45)67/h7-9,12,16-19,21-24,37,39,45,55H,1-6,10-11,13-15,20,25-36H2,(H2,54,56,57)(H,58,65,67). The minimum atomic E-state index is -0.597. The van der Waals surface area contributed by atoms with E-state index >= 15 is 0 Å². The molecular formula is C53H67N11O5. The Morgan fingerprint density at radius 2 is 1.48 bits per heavy atom. The Morgan fingerprint density at radius 1 is 0.768 bits per heavy atom. The van der Waals surface area contributed by atoms with E-state index in [0.717, 1.165) is 117 Å². The molecule has 364 valence electrons. The quantitative estimate of drug-likeness (QED) is 0.0490. The van der Waals surface area contributed by atoms with E-state index in [2.05, 4.69) is 30.4 Å². The molecule has 16 nitrogen and oxygen atoms in total. The topological polar surface area (TPSA) is 184 Å². The summed E-state index contributed by atoms with van der Waals surface area (Å²) in [4.78, 5) is 68.4. The molecule has 2 unspecified atom stereocenters. The fraction of sp³-hybridized carbons (Fsp3) is 0.491. The highest BCUT2D eigenvalue weighted by molar-refractivity contribution is 6.06. The third-order valence-electron chi connectivity index (χ3n) is 14.3. The van der Waals surface area contributed by atoms with Gasteiger partial charge in [-0.25, -0.2) is 14.6 Å². The molecule has 0 radical (unpaired) electrons. The number of piperazine rings is 1. The van der Waals surface area contributed by atoms with Crippen LogP contribution in [0.15, 0.2) is 79.1 Å². The first-order valence-electron chi connectivity index (χ1n) is 25.3. The summed E-state index contributed by atoms with van der Waals surface area (Å²) in [6.07, 6.45) is 15.1. The van der Waals surface area contributed by atoms with Crippen LogP contribution in [0.2, 0.25) is 0 Å². The van der Waals surface area contributed by atoms with Crippen LogP contribution in [0.25, 0.3) is 22.3 Å². The molecular weight excluding hydrogens is 871 g/mol. The summed E-state index contributed by atoms with van der Waals surface area (Å²) in [5.74, 6) is 1.30. The van der Waals surface area contributed by atoms with Crippen molar-refractivity contribution in [3.63, 3.8) is 0 Å². The number of rotatable bonds is 21. The number of para-hydroxylation sites is 1. The average molecular weight is 938 g/mol. The van der Waals surface area contributed by atoms with E-state index in [1.807, 2.05) is 82.4 Å². The predicted octanol–water partition coefficient (Wildman–Crippen LogP) is 7.42. The number of hydrogen-bond acceptors (Lipinski definition) is 12. The number of nitrogens with two attached hydrogens (primary N) is 1. The van der Waals surface area contributed by atoms with E-state index in [4.69, 9.17) is 15.6 Å². The maximum atomic E-state index is 13.6. The van der Waals surface area contributed by atoms with Crippen LogP contribution in [-0.4, -0.2) is 128 Å². The van der Waals surface area contributed by atoms with E-state index in [-0.39, 0.29) is 36.1 Å². The monoisotopic (exact) mass is 938 g/mol. The largest absolute Gasteiger partial charge is 0.457 e. The van der Waals surface area contributed by atoms with Crippen LogP contribution in [0.5, 0.6) is 11.5 Å². The Hall–Kier alpha value is -6.39. The number of carbonyl (C=O) groups is 4. The van der Waals surface area contributed by atoms with Gasteiger partial charge in [0.2, 0.25) is 17.7 Å². The smallest absolute Gasteiger partial charge is 0.255 e. The Bertz CT molecular complexity index is 2560. The van der Waals surface area contributed by atoms with E-state index < -0.39 is 6.04 Å². The van der Waals surface area contributed by atoms with Crippen LogP contribution < -0.4 is 21.1 Å². The van der Waals surface area contributed by atoms with Crippen LogP contribution in [-0.2, 0) is 20.9 Å². The van der Waals surface area contributed by atoms with Gasteiger partial charge in [0.1, 0.15) is 35.4 Å². The molecule has 0 bridgehead atoms. The van der Waals surface area contributed by atoms with E-state index in [0.29, 0.717) is 43.0 Å². The molecule has 69 heavy (non-hydrogen) atoms. The Kier molecular flexibility index (Phi) is 15.8. The molecule has 16 heteroatoms. The van der Waals surface area contributed by atoms with E-state index in [1.54, 1.807) is 4.90 Å². The maximum absolute atomic E-state index is 13.6. The molecule has 4 aliphatic rings. The molecule has 0 spiro atoms. The Morgan fingerprint density at radius 3 is 2.23 bits per heavy atom. The molecule has 6 heterocycles. The molecule has 2 atom stereocenters. The first-order valence-corrected chi connectivity index (χ1v) is 25.3. The first-order chi connectivity index (χ1) is 33.8. The maximum Gasteiger partial charge on any atom is 0.255 e. The Labute approximate surface area is 404 Å². The highest BCUT2D eigenvalue weighted by Gasteiger charge is 2.40. The van der Waals surface area contributed by atoms with Gasteiger partial charge in [-0.3, -0.25) is 24.5 Å². The van der Waals surface area contributed by atoms with Crippen molar-refractivity contribution in [1.29, 1.82) is 0 Å². The summed E-state index contributed by atoms with van der Waals surface area (Å²) in [7, 11) is 0. The second kappa shape index (κ2) is 22.8. The summed E-state index contributed by atoms with van der Waals surface area (Å²) >= 11 is 0. The van der Waals surface area contributed by atoms with Gasteiger partial charge < -0.3 is 35.4 Å². The summed E-state index contributed by atoms with van der Waals surface area (Å²) in [6.45, 7) is 9.01. The number of nitrogen functional groups attached to an aromatic ring is 1. The lowest BCUT2D eigenvalue weighted by molar-refractivity contribution is -0.137. The lowest BCUT2D eigenvalue weighted by Crippen LogP contribution is -2.52. The number of amides is 4. The molecule has 4 amide bonds. The summed E-state index contributed by atoms with van der Waals surface area (Å²) in [6, 6.07) is 22.6. The molecule has 3 saturated heterocycles. The van der Waals surface area contributed by atoms with E-state index in [1.165, 1.54) is 51.3 Å². The summed E-state index contributed by atoms with van der Waals surface area (Å²) < 4.78 is 7.98. The average Bonchev–Trinajstić information content (AvgIpc) is 3.93. The van der Waals surface area contributed by atoms with Crippen molar-refractivity contribution < 1.29 is 23.9 Å². The zero-order valence-corrected chi connectivity index (χ0v) is 39.8. The summed E-state index contributed by atoms with van der Waals surface area (Å²) in [5.41, 5.74) is 11.3. The van der Waals surface area contributed by atoms with Crippen molar-refractivity contribution in [2.24, 2.45) is 0 Å². The molecule has 2 aromatic heterocycles. The number of nitrogens with one attached hydrogen (secondary N) is 2. The number of piperidine rings is 2. The van der Waals surface area contributed by atoms with E-state index in [9.17, 15) is 19.2 Å². The third-order valence-corrected chi connectivity index (χ3v) is 14.3. The number of fused-ring (bicyclic) bond motifs is 2. The molecule has 0 aliphatic carbocycles. The van der Waals surface area contributed by atoms with Crippen LogP contribution in [0.3, 0.4) is 0 Å². The molecule has 3 aromatic carbocycles. The molecule has 4 aliphatic heterocycles. The molecule has 0 saturated carbocycles. The number of ether oxygens (including phenoxy) is 1. The highest BCUT2D eigenvalue weighted by Crippen LogP contribution is 2.36. The van der Waals surface area contributed by atoms with Gasteiger partial charge in [0, 0.05) is 87.6 Å². The zero-order valence-electron chi connectivity index (χ0n) is 39.8. The number of unbranched alkanes of at least 4 members (excludes halogenated alkanes) is 7. The zero-order chi connectivity index (χ0) is 47.5. The van der Waals surface area contributed by atoms with Gasteiger partial charge in [-0.05, 0) is 100 Å². The Balaban J connectivity index is 0.623. The van der Waals surface area contributed by atoms with Gasteiger partial charge in [0.25, 0.3) is 5.91 Å². The van der Waals surface area contributed by atoms with Gasteiger partial charge >= 0.3 is 0 Å². The lowest BCUT2D eigenvalue weighted by atomic mass is 10.0. The number of aromatic nitrogens is 4. The fourth-order valence-corrected chi connectivity index (χ4v) is 10.5. The second-order valence-electron chi connectivity index (χ2n) is 19.1. The first kappa shape index (κ1) is 47.7. The normalized spacial score (nSPS) is 19.0. The van der Waals surface area contributed by atoms with Crippen LogP contribution in [0, 0.1) is 0 Å². The van der Waals surface area contributed by atoms with Crippen molar-refractivity contribution in [3.8, 4) is 22.8 Å². The van der Waals surface area contributed by atoms with Crippen LogP contribution in [0.1, 0.15) is 112 Å². The van der Waals surface area contributed by atoms with Crippen molar-refractivity contribution in [2.75, 3.05) is 70.0 Å².